The first-order valence-corrected chi connectivity index (χ1v) is 11.6. The van der Waals surface area contributed by atoms with E-state index in [1.165, 1.54) is 27.8 Å². The first-order chi connectivity index (χ1) is 16.1. The lowest BCUT2D eigenvalue weighted by Gasteiger charge is -2.22. The number of fused-ring (bicyclic) bond motifs is 3. The summed E-state index contributed by atoms with van der Waals surface area (Å²) in [6.07, 6.45) is 11.6. The van der Waals surface area contributed by atoms with Crippen molar-refractivity contribution in [1.82, 2.24) is 9.97 Å². The van der Waals surface area contributed by atoms with Crippen molar-refractivity contribution in [2.24, 2.45) is 0 Å². The van der Waals surface area contributed by atoms with E-state index >= 15 is 0 Å². The molecule has 0 bridgehead atoms. The van der Waals surface area contributed by atoms with Crippen molar-refractivity contribution in [1.29, 1.82) is 0 Å². The van der Waals surface area contributed by atoms with Crippen molar-refractivity contribution in [2.45, 2.75) is 31.6 Å². The summed E-state index contributed by atoms with van der Waals surface area (Å²) < 4.78 is 0. The number of allylic oxidation sites excluding steroid dienone is 4. The summed E-state index contributed by atoms with van der Waals surface area (Å²) in [5.41, 5.74) is 10.6. The van der Waals surface area contributed by atoms with E-state index in [0.29, 0.717) is 0 Å². The Hall–Kier alpha value is -3.78. The summed E-state index contributed by atoms with van der Waals surface area (Å²) in [4.78, 5) is 10.3. The lowest BCUT2D eigenvalue weighted by molar-refractivity contribution is 0.660. The topological polar surface area (TPSA) is 25.8 Å². The summed E-state index contributed by atoms with van der Waals surface area (Å²) in [5.74, 6) is 0.210. The molecule has 2 heteroatoms. The SMILES string of the molecule is CC1(C)c2ccccc2-c2c(-c3ncc(-c4ccccc4)nc3C3C=CC=CC3)cccc21. The van der Waals surface area contributed by atoms with Crippen LogP contribution in [0.2, 0.25) is 0 Å². The van der Waals surface area contributed by atoms with Crippen molar-refractivity contribution in [3.8, 4) is 33.6 Å². The van der Waals surface area contributed by atoms with Gasteiger partial charge in [-0.25, -0.2) is 4.98 Å². The quantitative estimate of drug-likeness (QED) is 0.335. The van der Waals surface area contributed by atoms with Crippen LogP contribution in [0.1, 0.15) is 43.0 Å². The number of hydrogen-bond donors (Lipinski definition) is 0. The van der Waals surface area contributed by atoms with E-state index in [1.807, 2.05) is 12.3 Å². The van der Waals surface area contributed by atoms with Gasteiger partial charge in [0.15, 0.2) is 0 Å². The van der Waals surface area contributed by atoms with Gasteiger partial charge in [0, 0.05) is 22.5 Å². The minimum absolute atomic E-state index is 0.0347. The monoisotopic (exact) mass is 426 g/mol. The Morgan fingerprint density at radius 2 is 1.55 bits per heavy atom. The van der Waals surface area contributed by atoms with E-state index < -0.39 is 0 Å². The summed E-state index contributed by atoms with van der Waals surface area (Å²) in [7, 11) is 0. The number of hydrogen-bond acceptors (Lipinski definition) is 2. The molecule has 2 aliphatic rings. The lowest BCUT2D eigenvalue weighted by Crippen LogP contribution is -2.14. The van der Waals surface area contributed by atoms with Gasteiger partial charge < -0.3 is 0 Å². The molecule has 1 heterocycles. The van der Waals surface area contributed by atoms with Crippen LogP contribution in [0, 0.1) is 0 Å². The summed E-state index contributed by atoms with van der Waals surface area (Å²) in [6.45, 7) is 4.64. The second kappa shape index (κ2) is 7.67. The molecule has 6 rings (SSSR count). The highest BCUT2D eigenvalue weighted by Crippen LogP contribution is 2.52. The van der Waals surface area contributed by atoms with Crippen LogP contribution in [0.3, 0.4) is 0 Å². The summed E-state index contributed by atoms with van der Waals surface area (Å²) >= 11 is 0. The van der Waals surface area contributed by atoms with E-state index in [-0.39, 0.29) is 11.3 Å². The minimum Gasteiger partial charge on any atom is -0.252 e. The van der Waals surface area contributed by atoms with E-state index in [9.17, 15) is 0 Å². The highest BCUT2D eigenvalue weighted by Gasteiger charge is 2.37. The maximum atomic E-state index is 5.21. The van der Waals surface area contributed by atoms with Gasteiger partial charge in [-0.3, -0.25) is 4.98 Å². The molecule has 1 atom stereocenters. The molecule has 0 N–H and O–H groups in total. The van der Waals surface area contributed by atoms with Crippen LogP contribution in [0.4, 0.5) is 0 Å². The fraction of sp³-hybridized carbons (Fsp3) is 0.161. The molecule has 0 radical (unpaired) electrons. The zero-order valence-corrected chi connectivity index (χ0v) is 19.0. The lowest BCUT2D eigenvalue weighted by atomic mass is 9.82. The fourth-order valence-corrected chi connectivity index (χ4v) is 5.35. The second-order valence-corrected chi connectivity index (χ2v) is 9.41. The van der Waals surface area contributed by atoms with Gasteiger partial charge in [0.25, 0.3) is 0 Å². The average Bonchev–Trinajstić information content (AvgIpc) is 3.12. The molecule has 0 aliphatic heterocycles. The maximum absolute atomic E-state index is 5.21. The molecular formula is C31H26N2. The van der Waals surface area contributed by atoms with Crippen LogP contribution in [0.15, 0.2) is 103 Å². The molecule has 0 saturated heterocycles. The number of nitrogens with zero attached hydrogens (tertiary/aromatic N) is 2. The smallest absolute Gasteiger partial charge is 0.0930 e. The van der Waals surface area contributed by atoms with Crippen LogP contribution >= 0.6 is 0 Å². The molecule has 0 fully saturated rings. The summed E-state index contributed by atoms with van der Waals surface area (Å²) in [5, 5.41) is 0. The van der Waals surface area contributed by atoms with Gasteiger partial charge in [-0.1, -0.05) is 111 Å². The Morgan fingerprint density at radius 3 is 2.36 bits per heavy atom. The standard InChI is InChI=1S/C31H26N2/c1-31(2)25-18-10-9-16-23(25)28-24(17-11-19-26(28)31)30-29(22-14-7-4-8-15-22)33-27(20-32-30)21-12-5-3-6-13-21/h3-14,16-20,22H,15H2,1-2H3. The van der Waals surface area contributed by atoms with Crippen molar-refractivity contribution >= 4 is 0 Å². The Morgan fingerprint density at radius 1 is 0.788 bits per heavy atom. The van der Waals surface area contributed by atoms with Gasteiger partial charge in [0.1, 0.15) is 0 Å². The van der Waals surface area contributed by atoms with Gasteiger partial charge in [-0.15, -0.1) is 0 Å². The van der Waals surface area contributed by atoms with Gasteiger partial charge in [-0.2, -0.15) is 0 Å². The number of benzene rings is 3. The van der Waals surface area contributed by atoms with E-state index in [4.69, 9.17) is 9.97 Å². The van der Waals surface area contributed by atoms with Gasteiger partial charge >= 0.3 is 0 Å². The molecule has 0 saturated carbocycles. The Labute approximate surface area is 195 Å². The van der Waals surface area contributed by atoms with E-state index in [2.05, 4.69) is 105 Å². The number of aromatic nitrogens is 2. The molecule has 0 amide bonds. The first-order valence-electron chi connectivity index (χ1n) is 11.6. The van der Waals surface area contributed by atoms with E-state index in [0.717, 1.165) is 29.1 Å². The minimum atomic E-state index is -0.0347. The maximum Gasteiger partial charge on any atom is 0.0930 e. The van der Waals surface area contributed by atoms with Crippen molar-refractivity contribution in [3.63, 3.8) is 0 Å². The molecular weight excluding hydrogens is 400 g/mol. The Bertz CT molecular complexity index is 1410. The molecule has 33 heavy (non-hydrogen) atoms. The first kappa shape index (κ1) is 19.9. The number of rotatable bonds is 3. The van der Waals surface area contributed by atoms with E-state index in [1.54, 1.807) is 0 Å². The van der Waals surface area contributed by atoms with Crippen LogP contribution in [0.25, 0.3) is 33.6 Å². The molecule has 2 nitrogen and oxygen atoms in total. The van der Waals surface area contributed by atoms with Crippen LogP contribution in [-0.2, 0) is 5.41 Å². The second-order valence-electron chi connectivity index (χ2n) is 9.41. The highest BCUT2D eigenvalue weighted by atomic mass is 14.8. The molecule has 160 valence electrons. The van der Waals surface area contributed by atoms with Crippen molar-refractivity contribution in [2.75, 3.05) is 0 Å². The third-order valence-electron chi connectivity index (χ3n) is 7.06. The van der Waals surface area contributed by atoms with Crippen molar-refractivity contribution < 1.29 is 0 Å². The van der Waals surface area contributed by atoms with Crippen LogP contribution in [0.5, 0.6) is 0 Å². The third-order valence-corrected chi connectivity index (χ3v) is 7.06. The summed E-state index contributed by atoms with van der Waals surface area (Å²) in [6, 6.07) is 25.8. The molecule has 0 spiro atoms. The molecule has 1 aromatic heterocycles. The van der Waals surface area contributed by atoms with Gasteiger partial charge in [0.05, 0.1) is 23.3 Å². The van der Waals surface area contributed by atoms with Crippen LogP contribution in [-0.4, -0.2) is 9.97 Å². The predicted molar refractivity (Wildman–Crippen MR) is 136 cm³/mol. The zero-order valence-electron chi connectivity index (χ0n) is 19.0. The molecule has 1 unspecified atom stereocenters. The molecule has 3 aromatic carbocycles. The van der Waals surface area contributed by atoms with Crippen LogP contribution < -0.4 is 0 Å². The van der Waals surface area contributed by atoms with Crippen molar-refractivity contribution in [3.05, 3.63) is 120 Å². The predicted octanol–water partition coefficient (Wildman–Crippen LogP) is 7.72. The highest BCUT2D eigenvalue weighted by molar-refractivity contribution is 5.92. The normalized spacial score (nSPS) is 17.6. The molecule has 4 aromatic rings. The Balaban J connectivity index is 1.60. The van der Waals surface area contributed by atoms with Gasteiger partial charge in [-0.05, 0) is 28.7 Å². The molecule has 2 aliphatic carbocycles. The average molecular weight is 427 g/mol. The Kier molecular flexibility index (Phi) is 4.62. The zero-order chi connectivity index (χ0) is 22.4. The van der Waals surface area contributed by atoms with Gasteiger partial charge in [0.2, 0.25) is 0 Å². The third kappa shape index (κ3) is 3.17. The fourth-order valence-electron chi connectivity index (χ4n) is 5.35. The largest absolute Gasteiger partial charge is 0.252 e.